The molecule has 0 saturated heterocycles. The van der Waals surface area contributed by atoms with E-state index in [0.29, 0.717) is 9.90 Å². The van der Waals surface area contributed by atoms with Crippen molar-refractivity contribution >= 4 is 28.8 Å². The van der Waals surface area contributed by atoms with Crippen molar-refractivity contribution in [1.82, 2.24) is 25.1 Å². The van der Waals surface area contributed by atoms with Gasteiger partial charge in [0.1, 0.15) is 12.7 Å². The molecule has 3 heterocycles. The number of aromatic nitrogens is 4. The standard InChI is InChI=1S/C19H16ClN5OS/c1-12(13-2-4-14(5-3-13)25-11-22-10-23-25)24-19(26)16-9-21-8-15(16)17-6-7-18(20)27-17/h2-12,21H,1H3,(H,24,26)/t12-/m0/s1. The Bertz CT molecular complexity index is 1050. The highest BCUT2D eigenvalue weighted by Crippen LogP contribution is 2.33. The van der Waals surface area contributed by atoms with E-state index in [2.05, 4.69) is 20.4 Å². The van der Waals surface area contributed by atoms with E-state index in [1.807, 2.05) is 49.5 Å². The number of H-pyrrole nitrogens is 1. The molecule has 0 aliphatic heterocycles. The number of halogens is 1. The Balaban J connectivity index is 1.49. The number of amides is 1. The minimum absolute atomic E-state index is 0.136. The lowest BCUT2D eigenvalue weighted by Gasteiger charge is -2.15. The van der Waals surface area contributed by atoms with E-state index >= 15 is 0 Å². The van der Waals surface area contributed by atoms with Crippen molar-refractivity contribution in [1.29, 1.82) is 0 Å². The van der Waals surface area contributed by atoms with Gasteiger partial charge >= 0.3 is 0 Å². The zero-order valence-corrected chi connectivity index (χ0v) is 16.0. The maximum absolute atomic E-state index is 12.8. The predicted octanol–water partition coefficient (Wildman–Crippen LogP) is 4.47. The van der Waals surface area contributed by atoms with Crippen LogP contribution in [0, 0.1) is 0 Å². The van der Waals surface area contributed by atoms with Gasteiger partial charge in [0.05, 0.1) is 21.6 Å². The summed E-state index contributed by atoms with van der Waals surface area (Å²) >= 11 is 7.47. The first-order valence-corrected chi connectivity index (χ1v) is 9.49. The Morgan fingerprint density at radius 1 is 1.22 bits per heavy atom. The summed E-state index contributed by atoms with van der Waals surface area (Å²) in [7, 11) is 0. The van der Waals surface area contributed by atoms with Gasteiger partial charge in [0, 0.05) is 22.8 Å². The van der Waals surface area contributed by atoms with Crippen LogP contribution in [0.15, 0.2) is 61.4 Å². The fourth-order valence-corrected chi connectivity index (χ4v) is 3.90. The van der Waals surface area contributed by atoms with Crippen LogP contribution in [0.3, 0.4) is 0 Å². The number of aromatic amines is 1. The number of hydrogen-bond donors (Lipinski definition) is 2. The van der Waals surface area contributed by atoms with Gasteiger partial charge in [-0.1, -0.05) is 23.7 Å². The number of nitrogens with zero attached hydrogens (tertiary/aromatic N) is 3. The average molecular weight is 398 g/mol. The highest BCUT2D eigenvalue weighted by Gasteiger charge is 2.18. The Morgan fingerprint density at radius 2 is 2.04 bits per heavy atom. The van der Waals surface area contributed by atoms with Gasteiger partial charge in [0.25, 0.3) is 5.91 Å². The van der Waals surface area contributed by atoms with E-state index in [9.17, 15) is 4.79 Å². The first-order valence-electron chi connectivity index (χ1n) is 8.30. The molecule has 0 spiro atoms. The smallest absolute Gasteiger partial charge is 0.253 e. The summed E-state index contributed by atoms with van der Waals surface area (Å²) in [5.74, 6) is -0.136. The summed E-state index contributed by atoms with van der Waals surface area (Å²) in [6.45, 7) is 1.96. The Hall–Kier alpha value is -2.90. The fourth-order valence-electron chi connectivity index (χ4n) is 2.83. The van der Waals surface area contributed by atoms with Crippen molar-refractivity contribution < 1.29 is 4.79 Å². The van der Waals surface area contributed by atoms with Crippen molar-refractivity contribution in [2.24, 2.45) is 0 Å². The van der Waals surface area contributed by atoms with E-state index in [-0.39, 0.29) is 11.9 Å². The zero-order valence-electron chi connectivity index (χ0n) is 14.4. The number of carbonyl (C=O) groups excluding carboxylic acids is 1. The number of hydrogen-bond acceptors (Lipinski definition) is 4. The second kappa shape index (κ2) is 7.38. The highest BCUT2D eigenvalue weighted by atomic mass is 35.5. The molecular weight excluding hydrogens is 382 g/mol. The van der Waals surface area contributed by atoms with Crippen LogP contribution in [-0.2, 0) is 0 Å². The maximum atomic E-state index is 12.8. The lowest BCUT2D eigenvalue weighted by molar-refractivity contribution is 0.0940. The van der Waals surface area contributed by atoms with Crippen LogP contribution in [0.5, 0.6) is 0 Å². The molecule has 0 radical (unpaired) electrons. The molecule has 8 heteroatoms. The predicted molar refractivity (Wildman–Crippen MR) is 106 cm³/mol. The van der Waals surface area contributed by atoms with Crippen LogP contribution in [0.25, 0.3) is 16.1 Å². The SMILES string of the molecule is C[C@H](NC(=O)c1c[nH]cc1-c1ccc(Cl)s1)c1ccc(-n2cncn2)cc1. The van der Waals surface area contributed by atoms with Crippen LogP contribution in [-0.4, -0.2) is 25.7 Å². The summed E-state index contributed by atoms with van der Waals surface area (Å²) in [6, 6.07) is 11.4. The Labute approximate surface area is 164 Å². The molecule has 0 unspecified atom stereocenters. The molecule has 1 aromatic carbocycles. The maximum Gasteiger partial charge on any atom is 0.253 e. The molecule has 0 bridgehead atoms. The van der Waals surface area contributed by atoms with Crippen LogP contribution < -0.4 is 5.32 Å². The third-order valence-electron chi connectivity index (χ3n) is 4.25. The van der Waals surface area contributed by atoms with Gasteiger partial charge in [-0.2, -0.15) is 5.10 Å². The fraction of sp³-hybridized carbons (Fsp3) is 0.105. The molecule has 1 atom stereocenters. The normalized spacial score (nSPS) is 12.1. The zero-order chi connectivity index (χ0) is 18.8. The number of carbonyl (C=O) groups is 1. The number of thiophene rings is 1. The van der Waals surface area contributed by atoms with Gasteiger partial charge in [-0.25, -0.2) is 9.67 Å². The molecule has 6 nitrogen and oxygen atoms in total. The molecule has 1 amide bonds. The highest BCUT2D eigenvalue weighted by molar-refractivity contribution is 7.19. The van der Waals surface area contributed by atoms with E-state index in [1.54, 1.807) is 17.2 Å². The molecule has 2 N–H and O–H groups in total. The molecule has 0 aliphatic rings. The van der Waals surface area contributed by atoms with Crippen molar-refractivity contribution in [3.8, 4) is 16.1 Å². The summed E-state index contributed by atoms with van der Waals surface area (Å²) in [6.07, 6.45) is 6.66. The lowest BCUT2D eigenvalue weighted by Crippen LogP contribution is -2.26. The second-order valence-electron chi connectivity index (χ2n) is 6.01. The van der Waals surface area contributed by atoms with Crippen LogP contribution in [0.2, 0.25) is 4.34 Å². The first-order chi connectivity index (χ1) is 13.1. The monoisotopic (exact) mass is 397 g/mol. The molecule has 0 fully saturated rings. The van der Waals surface area contributed by atoms with Gasteiger partial charge < -0.3 is 10.3 Å². The largest absolute Gasteiger partial charge is 0.366 e. The average Bonchev–Trinajstić information content (AvgIpc) is 3.42. The Kier molecular flexibility index (Phi) is 4.79. The van der Waals surface area contributed by atoms with E-state index < -0.39 is 0 Å². The quantitative estimate of drug-likeness (QED) is 0.521. The molecule has 4 aromatic rings. The molecule has 4 rings (SSSR count). The Morgan fingerprint density at radius 3 is 2.70 bits per heavy atom. The molecule has 0 aliphatic carbocycles. The van der Waals surface area contributed by atoms with Crippen LogP contribution >= 0.6 is 22.9 Å². The first kappa shape index (κ1) is 17.5. The van der Waals surface area contributed by atoms with E-state index in [0.717, 1.165) is 21.7 Å². The van der Waals surface area contributed by atoms with E-state index in [1.165, 1.54) is 17.7 Å². The van der Waals surface area contributed by atoms with Gasteiger partial charge in [0.2, 0.25) is 0 Å². The van der Waals surface area contributed by atoms with Crippen molar-refractivity contribution in [3.63, 3.8) is 0 Å². The molecule has 136 valence electrons. The third-order valence-corrected chi connectivity index (χ3v) is 5.52. The molecule has 27 heavy (non-hydrogen) atoms. The summed E-state index contributed by atoms with van der Waals surface area (Å²) in [5, 5.41) is 7.15. The minimum Gasteiger partial charge on any atom is -0.366 e. The molecule has 3 aromatic heterocycles. The lowest BCUT2D eigenvalue weighted by atomic mass is 10.1. The van der Waals surface area contributed by atoms with Crippen molar-refractivity contribution in [3.05, 3.63) is 76.9 Å². The number of rotatable bonds is 5. The summed E-state index contributed by atoms with van der Waals surface area (Å²) in [4.78, 5) is 20.7. The number of benzene rings is 1. The van der Waals surface area contributed by atoms with Gasteiger partial charge in [0.15, 0.2) is 0 Å². The van der Waals surface area contributed by atoms with Crippen molar-refractivity contribution in [2.75, 3.05) is 0 Å². The third kappa shape index (κ3) is 3.65. The van der Waals surface area contributed by atoms with Crippen LogP contribution in [0.4, 0.5) is 0 Å². The van der Waals surface area contributed by atoms with Gasteiger partial charge in [-0.3, -0.25) is 4.79 Å². The van der Waals surface area contributed by atoms with Crippen molar-refractivity contribution in [2.45, 2.75) is 13.0 Å². The topological polar surface area (TPSA) is 75.6 Å². The molecular formula is C19H16ClN5OS. The van der Waals surface area contributed by atoms with E-state index in [4.69, 9.17) is 11.6 Å². The summed E-state index contributed by atoms with van der Waals surface area (Å²) in [5.41, 5.74) is 3.36. The second-order valence-corrected chi connectivity index (χ2v) is 7.73. The number of nitrogens with one attached hydrogen (secondary N) is 2. The molecule has 0 saturated carbocycles. The minimum atomic E-state index is -0.142. The van der Waals surface area contributed by atoms with Gasteiger partial charge in [-0.15, -0.1) is 11.3 Å². The van der Waals surface area contributed by atoms with Gasteiger partial charge in [-0.05, 0) is 36.8 Å². The van der Waals surface area contributed by atoms with Crippen LogP contribution in [0.1, 0.15) is 28.9 Å². The summed E-state index contributed by atoms with van der Waals surface area (Å²) < 4.78 is 2.38.